The molecule has 0 heterocycles. The van der Waals surface area contributed by atoms with E-state index < -0.39 is 5.54 Å². The van der Waals surface area contributed by atoms with E-state index in [0.29, 0.717) is 0 Å². The van der Waals surface area contributed by atoms with Crippen molar-refractivity contribution in [2.75, 3.05) is 20.6 Å². The molecule has 0 aromatic rings. The Balaban J connectivity index is 1.87. The Kier molecular flexibility index (Phi) is 3.97. The molecule has 0 aliphatic heterocycles. The molecule has 18 heavy (non-hydrogen) atoms. The molecule has 0 radical (unpaired) electrons. The minimum absolute atomic E-state index is 0.0651. The summed E-state index contributed by atoms with van der Waals surface area (Å²) in [5, 5.41) is 3.11. The Hall–Kier alpha value is -0.610. The predicted octanol–water partition coefficient (Wildman–Crippen LogP) is 1.25. The lowest BCUT2D eigenvalue weighted by Crippen LogP contribution is -2.61. The highest BCUT2D eigenvalue weighted by molar-refractivity contribution is 5.86. The number of nitrogens with one attached hydrogen (secondary N) is 1. The third-order valence-corrected chi connectivity index (χ3v) is 5.01. The minimum atomic E-state index is -0.602. The van der Waals surface area contributed by atoms with E-state index in [4.69, 9.17) is 5.73 Å². The quantitative estimate of drug-likeness (QED) is 0.793. The Morgan fingerprint density at radius 2 is 1.72 bits per heavy atom. The van der Waals surface area contributed by atoms with Crippen LogP contribution in [0.5, 0.6) is 0 Å². The lowest BCUT2D eigenvalue weighted by Gasteiger charge is -2.48. The molecule has 2 fully saturated rings. The number of likely N-dealkylation sites (N-methyl/N-ethyl adjacent to an activating group) is 1. The average molecular weight is 253 g/mol. The molecule has 2 rings (SSSR count). The number of rotatable bonds is 4. The Morgan fingerprint density at radius 1 is 1.11 bits per heavy atom. The summed E-state index contributed by atoms with van der Waals surface area (Å²) in [6.45, 7) is 0.748. The highest BCUT2D eigenvalue weighted by Gasteiger charge is 2.41. The van der Waals surface area contributed by atoms with Gasteiger partial charge in [-0.2, -0.15) is 0 Å². The second-order valence-electron chi connectivity index (χ2n) is 6.37. The number of nitrogens with zero attached hydrogens (tertiary/aromatic N) is 1. The van der Waals surface area contributed by atoms with Crippen molar-refractivity contribution >= 4 is 5.91 Å². The summed E-state index contributed by atoms with van der Waals surface area (Å²) in [6.07, 6.45) is 8.69. The molecule has 0 aromatic carbocycles. The van der Waals surface area contributed by atoms with E-state index in [9.17, 15) is 4.79 Å². The molecule has 2 saturated carbocycles. The maximum atomic E-state index is 12.3. The van der Waals surface area contributed by atoms with Crippen LogP contribution in [0.25, 0.3) is 0 Å². The molecule has 0 saturated heterocycles. The Labute approximate surface area is 110 Å². The molecule has 4 heteroatoms. The molecule has 1 amide bonds. The first-order valence-corrected chi connectivity index (χ1v) is 7.23. The van der Waals surface area contributed by atoms with Gasteiger partial charge in [0, 0.05) is 12.1 Å². The van der Waals surface area contributed by atoms with Gasteiger partial charge in [-0.05, 0) is 46.2 Å². The first-order valence-electron chi connectivity index (χ1n) is 7.23. The fraction of sp³-hybridized carbons (Fsp3) is 0.929. The van der Waals surface area contributed by atoms with E-state index in [2.05, 4.69) is 24.3 Å². The first kappa shape index (κ1) is 13.8. The van der Waals surface area contributed by atoms with Crippen LogP contribution in [-0.2, 0) is 4.79 Å². The maximum Gasteiger partial charge on any atom is 0.240 e. The molecule has 0 bridgehead atoms. The summed E-state index contributed by atoms with van der Waals surface area (Å²) in [5.41, 5.74) is 5.82. The van der Waals surface area contributed by atoms with Gasteiger partial charge in [-0.15, -0.1) is 0 Å². The van der Waals surface area contributed by atoms with Gasteiger partial charge in [0.2, 0.25) is 5.91 Å². The molecule has 0 atom stereocenters. The number of nitrogens with two attached hydrogens (primary N) is 1. The van der Waals surface area contributed by atoms with E-state index in [-0.39, 0.29) is 11.4 Å². The van der Waals surface area contributed by atoms with Crippen molar-refractivity contribution in [2.45, 2.75) is 62.4 Å². The summed E-state index contributed by atoms with van der Waals surface area (Å²) >= 11 is 0. The highest BCUT2D eigenvalue weighted by atomic mass is 16.2. The third-order valence-electron chi connectivity index (χ3n) is 5.01. The molecular weight excluding hydrogens is 226 g/mol. The van der Waals surface area contributed by atoms with Gasteiger partial charge >= 0.3 is 0 Å². The van der Waals surface area contributed by atoms with E-state index >= 15 is 0 Å². The van der Waals surface area contributed by atoms with Crippen LogP contribution in [0, 0.1) is 0 Å². The summed E-state index contributed by atoms with van der Waals surface area (Å²) in [6, 6.07) is 0. The number of hydrogen-bond acceptors (Lipinski definition) is 3. The molecular formula is C14H27N3O. The number of carbonyl (C=O) groups excluding carboxylic acids is 1. The summed E-state index contributed by atoms with van der Waals surface area (Å²) < 4.78 is 0. The van der Waals surface area contributed by atoms with Gasteiger partial charge in [-0.25, -0.2) is 0 Å². The monoisotopic (exact) mass is 253 g/mol. The zero-order valence-corrected chi connectivity index (χ0v) is 11.8. The highest BCUT2D eigenvalue weighted by Crippen LogP contribution is 2.35. The Bertz CT molecular complexity index is 304. The predicted molar refractivity (Wildman–Crippen MR) is 73.3 cm³/mol. The van der Waals surface area contributed by atoms with Gasteiger partial charge in [-0.1, -0.05) is 19.3 Å². The lowest BCUT2D eigenvalue weighted by atomic mass is 9.75. The fourth-order valence-electron chi connectivity index (χ4n) is 3.20. The number of amides is 1. The van der Waals surface area contributed by atoms with Crippen LogP contribution >= 0.6 is 0 Å². The molecule has 4 nitrogen and oxygen atoms in total. The zero-order valence-electron chi connectivity index (χ0n) is 11.8. The summed E-state index contributed by atoms with van der Waals surface area (Å²) in [5.74, 6) is 0.0651. The van der Waals surface area contributed by atoms with E-state index in [1.165, 1.54) is 25.7 Å². The van der Waals surface area contributed by atoms with E-state index in [1.54, 1.807) is 0 Å². The lowest BCUT2D eigenvalue weighted by molar-refractivity contribution is -0.128. The van der Waals surface area contributed by atoms with Crippen molar-refractivity contribution in [3.8, 4) is 0 Å². The van der Waals surface area contributed by atoms with Gasteiger partial charge in [0.25, 0.3) is 0 Å². The van der Waals surface area contributed by atoms with Crippen LogP contribution in [0.1, 0.15) is 51.4 Å². The summed E-state index contributed by atoms with van der Waals surface area (Å²) in [7, 11) is 4.20. The molecule has 104 valence electrons. The average Bonchev–Trinajstić information content (AvgIpc) is 2.27. The van der Waals surface area contributed by atoms with Crippen molar-refractivity contribution in [1.82, 2.24) is 10.2 Å². The Morgan fingerprint density at radius 3 is 2.17 bits per heavy atom. The second kappa shape index (κ2) is 5.17. The van der Waals surface area contributed by atoms with Gasteiger partial charge in [0.15, 0.2) is 0 Å². The van der Waals surface area contributed by atoms with Gasteiger partial charge in [0.1, 0.15) is 0 Å². The molecule has 3 N–H and O–H groups in total. The standard InChI is InChI=1S/C14H27N3O/c1-17(2)13(7-6-8-13)11-16-12(18)14(15)9-4-3-5-10-14/h3-11,15H2,1-2H3,(H,16,18). The van der Waals surface area contributed by atoms with Crippen molar-refractivity contribution in [1.29, 1.82) is 0 Å². The van der Waals surface area contributed by atoms with Crippen LogP contribution in [0.15, 0.2) is 0 Å². The summed E-state index contributed by atoms with van der Waals surface area (Å²) in [4.78, 5) is 14.5. The second-order valence-corrected chi connectivity index (χ2v) is 6.37. The van der Waals surface area contributed by atoms with Crippen LogP contribution in [0.2, 0.25) is 0 Å². The fourth-order valence-corrected chi connectivity index (χ4v) is 3.20. The SMILES string of the molecule is CN(C)C1(CNC(=O)C2(N)CCCCC2)CCC1. The van der Waals surface area contributed by atoms with Crippen molar-refractivity contribution in [2.24, 2.45) is 5.73 Å². The minimum Gasteiger partial charge on any atom is -0.353 e. The third kappa shape index (κ3) is 2.54. The molecule has 2 aliphatic carbocycles. The van der Waals surface area contributed by atoms with E-state index in [0.717, 1.165) is 32.2 Å². The molecule has 0 spiro atoms. The molecule has 0 unspecified atom stereocenters. The van der Waals surface area contributed by atoms with Gasteiger partial charge in [0.05, 0.1) is 5.54 Å². The number of carbonyl (C=O) groups is 1. The van der Waals surface area contributed by atoms with Crippen LogP contribution in [0.3, 0.4) is 0 Å². The largest absolute Gasteiger partial charge is 0.353 e. The topological polar surface area (TPSA) is 58.4 Å². The van der Waals surface area contributed by atoms with Gasteiger partial charge < -0.3 is 16.0 Å². The molecule has 2 aliphatic rings. The zero-order chi connectivity index (χ0) is 13.2. The normalized spacial score (nSPS) is 25.6. The van der Waals surface area contributed by atoms with Crippen LogP contribution in [0.4, 0.5) is 0 Å². The van der Waals surface area contributed by atoms with Crippen LogP contribution in [-0.4, -0.2) is 42.5 Å². The first-order chi connectivity index (χ1) is 8.49. The van der Waals surface area contributed by atoms with Crippen molar-refractivity contribution in [3.05, 3.63) is 0 Å². The maximum absolute atomic E-state index is 12.3. The van der Waals surface area contributed by atoms with Crippen LogP contribution < -0.4 is 11.1 Å². The van der Waals surface area contributed by atoms with Crippen molar-refractivity contribution < 1.29 is 4.79 Å². The molecule has 0 aromatic heterocycles. The van der Waals surface area contributed by atoms with Gasteiger partial charge in [-0.3, -0.25) is 4.79 Å². The smallest absolute Gasteiger partial charge is 0.240 e. The van der Waals surface area contributed by atoms with Crippen molar-refractivity contribution in [3.63, 3.8) is 0 Å². The van der Waals surface area contributed by atoms with E-state index in [1.807, 2.05) is 0 Å². The number of hydrogen-bond donors (Lipinski definition) is 2.